The van der Waals surface area contributed by atoms with Crippen LogP contribution in [0.5, 0.6) is 0 Å². The molecule has 1 aliphatic carbocycles. The number of rotatable bonds is 6. The molecule has 1 atom stereocenters. The van der Waals surface area contributed by atoms with Gasteiger partial charge < -0.3 is 10.8 Å². The van der Waals surface area contributed by atoms with E-state index in [2.05, 4.69) is 0 Å². The number of aliphatic hydroxyl groups is 1. The van der Waals surface area contributed by atoms with E-state index >= 15 is 0 Å². The molecule has 0 aromatic heterocycles. The maximum atomic E-state index is 13.1. The van der Waals surface area contributed by atoms with Crippen molar-refractivity contribution in [2.75, 3.05) is 19.7 Å². The molecule has 3 N–H and O–H groups in total. The summed E-state index contributed by atoms with van der Waals surface area (Å²) in [6, 6.07) is -1.58. The molecule has 0 spiro atoms. The fraction of sp³-hybridized carbons (Fsp3) is 1.00. The third-order valence-electron chi connectivity index (χ3n) is 3.62. The lowest BCUT2D eigenvalue weighted by atomic mass is 9.92. The monoisotopic (exact) mass is 268 g/mol. The Labute approximate surface area is 106 Å². The Kier molecular flexibility index (Phi) is 6.38. The van der Waals surface area contributed by atoms with Gasteiger partial charge in [0.05, 0.1) is 6.61 Å². The molecule has 1 saturated carbocycles. The average Bonchev–Trinajstić information content (AvgIpc) is 2.33. The van der Waals surface area contributed by atoms with E-state index < -0.39 is 12.2 Å². The van der Waals surface area contributed by atoms with Gasteiger partial charge in [-0.05, 0) is 25.8 Å². The maximum absolute atomic E-state index is 13.1. The van der Waals surface area contributed by atoms with Gasteiger partial charge >= 0.3 is 6.18 Å². The smallest absolute Gasteiger partial charge is 0.395 e. The van der Waals surface area contributed by atoms with Crippen molar-refractivity contribution >= 4 is 0 Å². The van der Waals surface area contributed by atoms with Gasteiger partial charge in [0.2, 0.25) is 0 Å². The molecule has 0 bridgehead atoms. The molecular formula is C12H23F3N2O. The first-order valence-corrected chi connectivity index (χ1v) is 6.64. The van der Waals surface area contributed by atoms with Gasteiger partial charge in [0.1, 0.15) is 6.04 Å². The molecule has 18 heavy (non-hydrogen) atoms. The third kappa shape index (κ3) is 4.40. The zero-order chi connectivity index (χ0) is 13.6. The molecule has 0 aromatic carbocycles. The van der Waals surface area contributed by atoms with E-state index in [9.17, 15) is 13.2 Å². The van der Waals surface area contributed by atoms with Crippen molar-refractivity contribution in [1.82, 2.24) is 4.90 Å². The summed E-state index contributed by atoms with van der Waals surface area (Å²) in [5.74, 6) is 0. The summed E-state index contributed by atoms with van der Waals surface area (Å²) in [5, 5.41) is 9.01. The second-order valence-electron chi connectivity index (χ2n) is 4.89. The summed E-state index contributed by atoms with van der Waals surface area (Å²) >= 11 is 0. The Morgan fingerprint density at radius 2 is 1.83 bits per heavy atom. The van der Waals surface area contributed by atoms with Crippen molar-refractivity contribution in [1.29, 1.82) is 0 Å². The molecule has 6 heteroatoms. The molecule has 0 aliphatic heterocycles. The Hall–Kier alpha value is -0.330. The van der Waals surface area contributed by atoms with Crippen LogP contribution in [0.2, 0.25) is 0 Å². The van der Waals surface area contributed by atoms with E-state index in [0.29, 0.717) is 0 Å². The van der Waals surface area contributed by atoms with E-state index in [1.165, 1.54) is 4.90 Å². The van der Waals surface area contributed by atoms with Gasteiger partial charge in [-0.1, -0.05) is 19.3 Å². The van der Waals surface area contributed by atoms with Gasteiger partial charge in [-0.25, -0.2) is 0 Å². The first-order chi connectivity index (χ1) is 8.50. The van der Waals surface area contributed by atoms with Gasteiger partial charge in [-0.3, -0.25) is 4.90 Å². The average molecular weight is 268 g/mol. The molecule has 108 valence electrons. The van der Waals surface area contributed by atoms with Crippen molar-refractivity contribution in [3.8, 4) is 0 Å². The summed E-state index contributed by atoms with van der Waals surface area (Å²) in [5.41, 5.74) is 5.30. The Morgan fingerprint density at radius 3 is 2.28 bits per heavy atom. The van der Waals surface area contributed by atoms with E-state index in [-0.39, 0.29) is 32.2 Å². The molecule has 0 aromatic rings. The minimum atomic E-state index is -4.27. The van der Waals surface area contributed by atoms with Gasteiger partial charge in [0.25, 0.3) is 0 Å². The van der Waals surface area contributed by atoms with Crippen molar-refractivity contribution < 1.29 is 18.3 Å². The number of nitrogens with zero attached hydrogens (tertiary/aromatic N) is 1. The maximum Gasteiger partial charge on any atom is 0.404 e. The highest BCUT2D eigenvalue weighted by Gasteiger charge is 2.44. The summed E-state index contributed by atoms with van der Waals surface area (Å²) < 4.78 is 39.2. The number of aliphatic hydroxyl groups excluding tert-OH is 1. The van der Waals surface area contributed by atoms with Gasteiger partial charge in [0, 0.05) is 12.6 Å². The minimum Gasteiger partial charge on any atom is -0.395 e. The molecular weight excluding hydrogens is 245 g/mol. The molecule has 0 amide bonds. The van der Waals surface area contributed by atoms with Crippen LogP contribution in [0.15, 0.2) is 0 Å². The van der Waals surface area contributed by atoms with Crippen LogP contribution in [0.3, 0.4) is 0 Å². The summed E-state index contributed by atoms with van der Waals surface area (Å²) in [4.78, 5) is 1.42. The molecule has 3 nitrogen and oxygen atoms in total. The first kappa shape index (κ1) is 15.7. The highest BCUT2D eigenvalue weighted by molar-refractivity contribution is 4.86. The number of hydrogen-bond acceptors (Lipinski definition) is 3. The largest absolute Gasteiger partial charge is 0.404 e. The van der Waals surface area contributed by atoms with Crippen LogP contribution >= 0.6 is 0 Å². The normalized spacial score (nSPS) is 20.3. The second kappa shape index (κ2) is 7.31. The molecule has 1 rings (SSSR count). The van der Waals surface area contributed by atoms with E-state index in [1.54, 1.807) is 0 Å². The van der Waals surface area contributed by atoms with Crippen molar-refractivity contribution in [3.05, 3.63) is 0 Å². The lowest BCUT2D eigenvalue weighted by Crippen LogP contribution is -2.53. The van der Waals surface area contributed by atoms with Crippen LogP contribution < -0.4 is 5.73 Å². The highest BCUT2D eigenvalue weighted by Crippen LogP contribution is 2.32. The van der Waals surface area contributed by atoms with Crippen molar-refractivity contribution in [2.45, 2.75) is 56.8 Å². The number of halogens is 3. The van der Waals surface area contributed by atoms with Crippen molar-refractivity contribution in [3.63, 3.8) is 0 Å². The number of hydrogen-bond donors (Lipinski definition) is 2. The predicted octanol–water partition coefficient (Wildman–Crippen LogP) is 1.89. The quantitative estimate of drug-likeness (QED) is 0.773. The molecule has 0 heterocycles. The summed E-state index contributed by atoms with van der Waals surface area (Å²) in [7, 11) is 0. The molecule has 0 radical (unpaired) electrons. The topological polar surface area (TPSA) is 49.5 Å². The van der Waals surface area contributed by atoms with E-state index in [4.69, 9.17) is 10.8 Å². The lowest BCUT2D eigenvalue weighted by Gasteiger charge is -2.40. The van der Waals surface area contributed by atoms with Crippen LogP contribution in [0, 0.1) is 0 Å². The zero-order valence-corrected chi connectivity index (χ0v) is 10.6. The highest BCUT2D eigenvalue weighted by atomic mass is 19.4. The van der Waals surface area contributed by atoms with Crippen LogP contribution in [-0.2, 0) is 0 Å². The van der Waals surface area contributed by atoms with Crippen LogP contribution in [0.1, 0.15) is 38.5 Å². The lowest BCUT2D eigenvalue weighted by molar-refractivity contribution is -0.193. The SMILES string of the molecule is NCCC(N(CCO)C1CCCCC1)C(F)(F)F. The molecule has 1 unspecified atom stereocenters. The predicted molar refractivity (Wildman–Crippen MR) is 64.2 cm³/mol. The van der Waals surface area contributed by atoms with Crippen LogP contribution in [0.4, 0.5) is 13.2 Å². The Morgan fingerprint density at radius 1 is 1.22 bits per heavy atom. The summed E-state index contributed by atoms with van der Waals surface area (Å²) in [6.45, 7) is -0.151. The van der Waals surface area contributed by atoms with Crippen molar-refractivity contribution in [2.24, 2.45) is 5.73 Å². The number of nitrogens with two attached hydrogens (primary N) is 1. The fourth-order valence-electron chi connectivity index (χ4n) is 2.80. The summed E-state index contributed by atoms with van der Waals surface area (Å²) in [6.07, 6.45) is 0.247. The van der Waals surface area contributed by atoms with E-state index in [0.717, 1.165) is 32.1 Å². The van der Waals surface area contributed by atoms with E-state index in [1.807, 2.05) is 0 Å². The van der Waals surface area contributed by atoms with Gasteiger partial charge in [0.15, 0.2) is 0 Å². The van der Waals surface area contributed by atoms with Gasteiger partial charge in [-0.2, -0.15) is 13.2 Å². The minimum absolute atomic E-state index is 0.0127. The second-order valence-corrected chi connectivity index (χ2v) is 4.89. The molecule has 0 saturated heterocycles. The Bertz CT molecular complexity index is 230. The molecule has 1 fully saturated rings. The van der Waals surface area contributed by atoms with Crippen LogP contribution in [0.25, 0.3) is 0 Å². The first-order valence-electron chi connectivity index (χ1n) is 6.64. The fourth-order valence-corrected chi connectivity index (χ4v) is 2.80. The van der Waals surface area contributed by atoms with Gasteiger partial charge in [-0.15, -0.1) is 0 Å². The zero-order valence-electron chi connectivity index (χ0n) is 10.6. The number of alkyl halides is 3. The van der Waals surface area contributed by atoms with Crippen LogP contribution in [-0.4, -0.2) is 48.0 Å². The Balaban J connectivity index is 2.77. The third-order valence-corrected chi connectivity index (χ3v) is 3.62. The standard InChI is InChI=1S/C12H23F3N2O/c13-12(14,15)11(6-7-16)17(8-9-18)10-4-2-1-3-5-10/h10-11,18H,1-9,16H2. The molecule has 1 aliphatic rings.